The molecule has 0 amide bonds. The van der Waals surface area contributed by atoms with E-state index >= 15 is 0 Å². The van der Waals surface area contributed by atoms with Crippen molar-refractivity contribution in [2.24, 2.45) is 5.92 Å². The van der Waals surface area contributed by atoms with Crippen molar-refractivity contribution in [1.29, 1.82) is 0 Å². The Kier molecular flexibility index (Phi) is 6.78. The van der Waals surface area contributed by atoms with Gasteiger partial charge in [-0.3, -0.25) is 4.90 Å². The molecule has 1 aromatic rings. The van der Waals surface area contributed by atoms with E-state index in [4.69, 9.17) is 0 Å². The van der Waals surface area contributed by atoms with Crippen LogP contribution >= 0.6 is 12.4 Å². The summed E-state index contributed by atoms with van der Waals surface area (Å²) in [6.07, 6.45) is 0.156. The van der Waals surface area contributed by atoms with E-state index < -0.39 is 6.36 Å². The zero-order valence-corrected chi connectivity index (χ0v) is 14.3. The Morgan fingerprint density at radius 3 is 2.38 bits per heavy atom. The number of hydrogen-bond acceptors (Lipinski definition) is 3. The van der Waals surface area contributed by atoms with Gasteiger partial charge in [0.15, 0.2) is 0 Å². The quantitative estimate of drug-likeness (QED) is 0.826. The lowest BCUT2D eigenvalue weighted by molar-refractivity contribution is -0.275. The third-order valence-electron chi connectivity index (χ3n) is 4.57. The van der Waals surface area contributed by atoms with Crippen LogP contribution in [0.2, 0.25) is 0 Å². The third-order valence-corrected chi connectivity index (χ3v) is 4.57. The number of alkyl halides is 3. The standard InChI is InChI=1S/C17H23F3N2O.ClH/c18-17(19,20)23-16-4-2-1-3-14(16)12-22-9-7-15(8-10-22)21-11-13-5-6-13;/h1-4,13,15,21H,5-12H2;1H. The molecule has 0 bridgehead atoms. The number of likely N-dealkylation sites (tertiary alicyclic amines) is 1. The Hall–Kier alpha value is -0.980. The number of hydrogen-bond donors (Lipinski definition) is 1. The number of piperidine rings is 1. The maximum absolute atomic E-state index is 12.5. The molecule has 1 heterocycles. The number of para-hydroxylation sites is 1. The maximum Gasteiger partial charge on any atom is 0.573 e. The summed E-state index contributed by atoms with van der Waals surface area (Å²) < 4.78 is 41.5. The maximum atomic E-state index is 12.5. The van der Waals surface area contributed by atoms with Crippen molar-refractivity contribution in [1.82, 2.24) is 10.2 Å². The molecule has 1 aromatic carbocycles. The average Bonchev–Trinajstić information content (AvgIpc) is 3.31. The minimum absolute atomic E-state index is 0. The van der Waals surface area contributed by atoms with Crippen LogP contribution in [0.25, 0.3) is 0 Å². The summed E-state index contributed by atoms with van der Waals surface area (Å²) >= 11 is 0. The van der Waals surface area contributed by atoms with Crippen LogP contribution in [-0.4, -0.2) is 36.9 Å². The second-order valence-electron chi connectivity index (χ2n) is 6.56. The van der Waals surface area contributed by atoms with E-state index in [-0.39, 0.29) is 18.2 Å². The number of nitrogens with one attached hydrogen (secondary N) is 1. The molecule has 1 aliphatic carbocycles. The number of ether oxygens (including phenoxy) is 1. The van der Waals surface area contributed by atoms with Gasteiger partial charge < -0.3 is 10.1 Å². The van der Waals surface area contributed by atoms with Crippen LogP contribution in [0.1, 0.15) is 31.2 Å². The van der Waals surface area contributed by atoms with Gasteiger partial charge in [0.2, 0.25) is 0 Å². The van der Waals surface area contributed by atoms with Gasteiger partial charge in [-0.15, -0.1) is 25.6 Å². The predicted molar refractivity (Wildman–Crippen MR) is 89.4 cm³/mol. The molecule has 3 rings (SSSR count). The zero-order chi connectivity index (χ0) is 16.3. The number of benzene rings is 1. The van der Waals surface area contributed by atoms with Crippen LogP contribution in [0, 0.1) is 5.92 Å². The largest absolute Gasteiger partial charge is 0.573 e. The van der Waals surface area contributed by atoms with Crippen LogP contribution in [0.5, 0.6) is 5.75 Å². The van der Waals surface area contributed by atoms with Crippen LogP contribution in [0.15, 0.2) is 24.3 Å². The third kappa shape index (κ3) is 6.15. The van der Waals surface area contributed by atoms with Crippen LogP contribution < -0.4 is 10.1 Å². The number of nitrogens with zero attached hydrogens (tertiary/aromatic N) is 1. The van der Waals surface area contributed by atoms with E-state index in [2.05, 4.69) is 15.0 Å². The highest BCUT2D eigenvalue weighted by Crippen LogP contribution is 2.29. The van der Waals surface area contributed by atoms with Gasteiger partial charge in [0.25, 0.3) is 0 Å². The second kappa shape index (κ2) is 8.41. The normalized spacial score (nSPS) is 19.8. The van der Waals surface area contributed by atoms with Gasteiger partial charge >= 0.3 is 6.36 Å². The fraction of sp³-hybridized carbons (Fsp3) is 0.647. The summed E-state index contributed by atoms with van der Waals surface area (Å²) in [4.78, 5) is 2.20. The van der Waals surface area contributed by atoms with Gasteiger partial charge in [-0.2, -0.15) is 0 Å². The average molecular weight is 365 g/mol. The number of rotatable bonds is 6. The van der Waals surface area contributed by atoms with Gasteiger partial charge in [0.1, 0.15) is 5.75 Å². The minimum Gasteiger partial charge on any atom is -0.405 e. The van der Waals surface area contributed by atoms with Crippen LogP contribution in [0.4, 0.5) is 13.2 Å². The zero-order valence-electron chi connectivity index (χ0n) is 13.5. The van der Waals surface area contributed by atoms with Gasteiger partial charge in [0.05, 0.1) is 0 Å². The van der Waals surface area contributed by atoms with E-state index in [1.54, 1.807) is 18.2 Å². The predicted octanol–water partition coefficient (Wildman–Crippen LogP) is 3.97. The van der Waals surface area contributed by atoms with Gasteiger partial charge in [-0.1, -0.05) is 18.2 Å². The van der Waals surface area contributed by atoms with E-state index in [0.717, 1.165) is 38.4 Å². The second-order valence-corrected chi connectivity index (χ2v) is 6.56. The molecule has 2 aliphatic rings. The van der Waals surface area contributed by atoms with Gasteiger partial charge in [-0.05, 0) is 57.3 Å². The van der Waals surface area contributed by atoms with Crippen molar-refractivity contribution in [2.45, 2.75) is 44.6 Å². The molecule has 0 atom stereocenters. The van der Waals surface area contributed by atoms with E-state index in [9.17, 15) is 13.2 Å². The Morgan fingerprint density at radius 2 is 1.75 bits per heavy atom. The highest BCUT2D eigenvalue weighted by atomic mass is 35.5. The molecule has 0 spiro atoms. The summed E-state index contributed by atoms with van der Waals surface area (Å²) in [6.45, 7) is 3.43. The lowest BCUT2D eigenvalue weighted by Gasteiger charge is -2.32. The highest BCUT2D eigenvalue weighted by molar-refractivity contribution is 5.85. The lowest BCUT2D eigenvalue weighted by Crippen LogP contribution is -2.42. The number of halogens is 4. The van der Waals surface area contributed by atoms with Crippen molar-refractivity contribution in [3.63, 3.8) is 0 Å². The molecule has 1 saturated carbocycles. The Bertz CT molecular complexity index is 515. The molecular weight excluding hydrogens is 341 g/mol. The smallest absolute Gasteiger partial charge is 0.405 e. The van der Waals surface area contributed by atoms with Crippen molar-refractivity contribution in [2.75, 3.05) is 19.6 Å². The topological polar surface area (TPSA) is 24.5 Å². The first kappa shape index (κ1) is 19.3. The first-order valence-corrected chi connectivity index (χ1v) is 8.29. The van der Waals surface area contributed by atoms with Crippen LogP contribution in [0.3, 0.4) is 0 Å². The van der Waals surface area contributed by atoms with Crippen molar-refractivity contribution < 1.29 is 17.9 Å². The van der Waals surface area contributed by atoms with Gasteiger partial charge in [-0.25, -0.2) is 0 Å². The highest BCUT2D eigenvalue weighted by Gasteiger charge is 2.32. The summed E-state index contributed by atoms with van der Waals surface area (Å²) in [6, 6.07) is 6.96. The summed E-state index contributed by atoms with van der Waals surface area (Å²) in [5.41, 5.74) is 0.592. The van der Waals surface area contributed by atoms with E-state index in [1.165, 1.54) is 18.9 Å². The molecule has 136 valence electrons. The molecule has 24 heavy (non-hydrogen) atoms. The molecule has 0 unspecified atom stereocenters. The minimum atomic E-state index is -4.64. The Balaban J connectivity index is 0.00000208. The molecule has 1 aliphatic heterocycles. The SMILES string of the molecule is Cl.FC(F)(F)Oc1ccccc1CN1CCC(NCC2CC2)CC1. The molecule has 2 fully saturated rings. The molecule has 0 radical (unpaired) electrons. The fourth-order valence-corrected chi connectivity index (χ4v) is 3.05. The van der Waals surface area contributed by atoms with Crippen molar-refractivity contribution >= 4 is 12.4 Å². The first-order valence-electron chi connectivity index (χ1n) is 8.29. The molecular formula is C17H24ClF3N2O. The van der Waals surface area contributed by atoms with E-state index in [1.807, 2.05) is 0 Å². The van der Waals surface area contributed by atoms with Gasteiger partial charge in [0, 0.05) is 18.2 Å². The first-order chi connectivity index (χ1) is 11.0. The monoisotopic (exact) mass is 364 g/mol. The fourth-order valence-electron chi connectivity index (χ4n) is 3.05. The molecule has 1 saturated heterocycles. The summed E-state index contributed by atoms with van der Waals surface area (Å²) in [5.74, 6) is 0.786. The molecule has 7 heteroatoms. The van der Waals surface area contributed by atoms with Crippen LogP contribution in [-0.2, 0) is 6.54 Å². The summed E-state index contributed by atoms with van der Waals surface area (Å²) in [7, 11) is 0. The lowest BCUT2D eigenvalue weighted by atomic mass is 10.0. The molecule has 3 nitrogen and oxygen atoms in total. The van der Waals surface area contributed by atoms with Crippen molar-refractivity contribution in [3.8, 4) is 5.75 Å². The summed E-state index contributed by atoms with van der Waals surface area (Å²) in [5, 5.41) is 3.61. The van der Waals surface area contributed by atoms with E-state index in [0.29, 0.717) is 18.2 Å². The Morgan fingerprint density at radius 1 is 1.08 bits per heavy atom. The molecule has 1 N–H and O–H groups in total. The van der Waals surface area contributed by atoms with Crippen molar-refractivity contribution in [3.05, 3.63) is 29.8 Å². The molecule has 0 aromatic heterocycles. The Labute approximate surface area is 147 Å².